The van der Waals surface area contributed by atoms with E-state index in [-0.39, 0.29) is 34.9 Å². The van der Waals surface area contributed by atoms with Gasteiger partial charge in [0.25, 0.3) is 11.8 Å². The average Bonchev–Trinajstić information content (AvgIpc) is 3.40. The zero-order valence-corrected chi connectivity index (χ0v) is 18.4. The van der Waals surface area contributed by atoms with Gasteiger partial charge in [0.2, 0.25) is 0 Å². The molecule has 0 aliphatic carbocycles. The highest BCUT2D eigenvalue weighted by molar-refractivity contribution is 7.16. The van der Waals surface area contributed by atoms with E-state index in [2.05, 4.69) is 10.3 Å². The number of carbonyl (C=O) groups excluding carboxylic acids is 3. The molecule has 3 amide bonds. The zero-order chi connectivity index (χ0) is 23.5. The number of amidine groups is 1. The van der Waals surface area contributed by atoms with Crippen LogP contribution in [0.5, 0.6) is 0 Å². The lowest BCUT2D eigenvalue weighted by atomic mass is 10.2. The van der Waals surface area contributed by atoms with Crippen molar-refractivity contribution in [3.8, 4) is 0 Å². The van der Waals surface area contributed by atoms with Crippen molar-refractivity contribution < 1.29 is 32.3 Å². The molecule has 1 aliphatic heterocycles. The second-order valence-corrected chi connectivity index (χ2v) is 9.18. The van der Waals surface area contributed by atoms with Gasteiger partial charge in [-0.2, -0.15) is 18.2 Å². The van der Waals surface area contributed by atoms with Crippen molar-refractivity contribution in [2.75, 3.05) is 26.3 Å². The first-order chi connectivity index (χ1) is 15.1. The fraction of sp³-hybridized carbons (Fsp3) is 0.368. The third kappa shape index (κ3) is 5.72. The Bertz CT molecular complexity index is 1050. The van der Waals surface area contributed by atoms with Gasteiger partial charge < -0.3 is 20.7 Å². The number of alkyl halides is 3. The summed E-state index contributed by atoms with van der Waals surface area (Å²) in [6.07, 6.45) is -5.13. The molecule has 1 saturated heterocycles. The molecule has 0 saturated carbocycles. The Balaban J connectivity index is 1.63. The number of nitrogens with zero attached hydrogens (tertiary/aromatic N) is 2. The molecule has 3 heterocycles. The van der Waals surface area contributed by atoms with Gasteiger partial charge in [-0.25, -0.2) is 0 Å². The van der Waals surface area contributed by atoms with Crippen LogP contribution in [-0.2, 0) is 9.53 Å². The Hall–Kier alpha value is -2.77. The Morgan fingerprint density at radius 3 is 2.53 bits per heavy atom. The van der Waals surface area contributed by atoms with E-state index in [1.807, 2.05) is 13.0 Å². The van der Waals surface area contributed by atoms with Gasteiger partial charge in [-0.1, -0.05) is 0 Å². The summed E-state index contributed by atoms with van der Waals surface area (Å²) in [5, 5.41) is 2.70. The molecule has 1 atom stereocenters. The number of hydrogen-bond acceptors (Lipinski definition) is 6. The monoisotopic (exact) mass is 488 g/mol. The van der Waals surface area contributed by atoms with Crippen LogP contribution >= 0.6 is 22.7 Å². The number of ether oxygens (including phenoxy) is 1. The molecule has 2 aromatic heterocycles. The van der Waals surface area contributed by atoms with E-state index in [0.717, 1.165) is 16.2 Å². The van der Waals surface area contributed by atoms with Crippen LogP contribution in [0.3, 0.4) is 0 Å². The van der Waals surface area contributed by atoms with Gasteiger partial charge in [-0.05, 0) is 31.2 Å². The summed E-state index contributed by atoms with van der Waals surface area (Å²) in [5.74, 6) is -3.58. The highest BCUT2D eigenvalue weighted by Crippen LogP contribution is 2.21. The van der Waals surface area contributed by atoms with Gasteiger partial charge in [0, 0.05) is 18.0 Å². The molecule has 172 valence electrons. The van der Waals surface area contributed by atoms with Crippen molar-refractivity contribution in [1.82, 2.24) is 10.2 Å². The maximum absolute atomic E-state index is 12.8. The summed E-state index contributed by atoms with van der Waals surface area (Å²) in [4.78, 5) is 42.6. The van der Waals surface area contributed by atoms with E-state index < -0.39 is 23.8 Å². The first kappa shape index (κ1) is 23.9. The van der Waals surface area contributed by atoms with Gasteiger partial charge in [0.05, 0.1) is 33.9 Å². The summed E-state index contributed by atoms with van der Waals surface area (Å²) < 4.78 is 42.4. The van der Waals surface area contributed by atoms with E-state index in [1.165, 1.54) is 23.5 Å². The summed E-state index contributed by atoms with van der Waals surface area (Å²) in [5.41, 5.74) is 5.45. The molecule has 32 heavy (non-hydrogen) atoms. The Labute approximate surface area is 188 Å². The molecule has 0 bridgehead atoms. The van der Waals surface area contributed by atoms with Crippen LogP contribution in [0.15, 0.2) is 29.3 Å². The smallest absolute Gasteiger partial charge is 0.382 e. The van der Waals surface area contributed by atoms with Crippen LogP contribution in [0.2, 0.25) is 0 Å². The average molecular weight is 489 g/mol. The minimum absolute atomic E-state index is 0.0543. The van der Waals surface area contributed by atoms with Crippen LogP contribution < -0.4 is 11.1 Å². The number of morpholine rings is 1. The predicted molar refractivity (Wildman–Crippen MR) is 113 cm³/mol. The minimum Gasteiger partial charge on any atom is -0.382 e. The number of aliphatic imine (C=N–C) groups is 1. The lowest BCUT2D eigenvalue weighted by Crippen LogP contribution is -2.53. The molecule has 0 radical (unpaired) electrons. The second kappa shape index (κ2) is 9.79. The second-order valence-electron chi connectivity index (χ2n) is 6.81. The number of halogens is 3. The number of carbonyl (C=O) groups is 3. The summed E-state index contributed by atoms with van der Waals surface area (Å²) in [7, 11) is 0. The van der Waals surface area contributed by atoms with E-state index >= 15 is 0 Å². The molecule has 2 aromatic rings. The zero-order valence-electron chi connectivity index (χ0n) is 16.8. The minimum atomic E-state index is -5.13. The van der Waals surface area contributed by atoms with Gasteiger partial charge in [-0.15, -0.1) is 22.7 Å². The number of aryl methyl sites for hydroxylation is 1. The fourth-order valence-electron chi connectivity index (χ4n) is 2.91. The first-order valence-corrected chi connectivity index (χ1v) is 11.0. The normalized spacial score (nSPS) is 17.3. The highest BCUT2D eigenvalue weighted by Gasteiger charge is 2.39. The summed E-state index contributed by atoms with van der Waals surface area (Å²) in [6, 6.07) is 5.92. The van der Waals surface area contributed by atoms with Gasteiger partial charge in [-0.3, -0.25) is 14.4 Å². The van der Waals surface area contributed by atoms with Crippen LogP contribution in [0, 0.1) is 6.92 Å². The molecular weight excluding hydrogens is 469 g/mol. The van der Waals surface area contributed by atoms with Crippen molar-refractivity contribution in [3.05, 3.63) is 43.8 Å². The molecule has 1 unspecified atom stereocenters. The number of thiophene rings is 2. The molecule has 13 heteroatoms. The molecule has 0 aromatic carbocycles. The molecule has 1 fully saturated rings. The van der Waals surface area contributed by atoms with Crippen molar-refractivity contribution in [2.24, 2.45) is 10.7 Å². The standard InChI is InChI=1S/C19H19F3N4O4S2/c1-10-2-3-14(31-10)17(28)26-6-7-30-9-11(26)8-24-16(27)13-5-4-12(32-13)15(23)25-18(29)19(20,21)22/h2-5,11H,6-9H2,1H3,(H,24,27)(H2,23,25,29). The molecular formula is C19H19F3N4O4S2. The molecule has 3 rings (SSSR count). The summed E-state index contributed by atoms with van der Waals surface area (Å²) in [6.45, 7) is 3.07. The largest absolute Gasteiger partial charge is 0.473 e. The van der Waals surface area contributed by atoms with Crippen LogP contribution in [0.25, 0.3) is 0 Å². The van der Waals surface area contributed by atoms with Crippen LogP contribution in [-0.4, -0.2) is 67.0 Å². The van der Waals surface area contributed by atoms with Crippen molar-refractivity contribution >= 4 is 46.2 Å². The Morgan fingerprint density at radius 2 is 1.88 bits per heavy atom. The number of amides is 3. The van der Waals surface area contributed by atoms with E-state index in [1.54, 1.807) is 11.0 Å². The third-order valence-corrected chi connectivity index (χ3v) is 6.58. The number of rotatable bonds is 5. The van der Waals surface area contributed by atoms with Gasteiger partial charge in [0.1, 0.15) is 5.84 Å². The van der Waals surface area contributed by atoms with E-state index in [0.29, 0.717) is 18.0 Å². The summed E-state index contributed by atoms with van der Waals surface area (Å²) >= 11 is 2.19. The number of nitrogens with two attached hydrogens (primary N) is 1. The maximum Gasteiger partial charge on any atom is 0.473 e. The van der Waals surface area contributed by atoms with E-state index in [4.69, 9.17) is 10.5 Å². The Kier molecular flexibility index (Phi) is 7.31. The number of hydrogen-bond donors (Lipinski definition) is 2. The SMILES string of the molecule is Cc1ccc(C(=O)N2CCOCC2CNC(=O)c2ccc(C(N)=NC(=O)C(F)(F)F)s2)s1. The van der Waals surface area contributed by atoms with E-state index in [9.17, 15) is 27.6 Å². The predicted octanol–water partition coefficient (Wildman–Crippen LogP) is 2.18. The van der Waals surface area contributed by atoms with Crippen LogP contribution in [0.1, 0.15) is 29.1 Å². The lowest BCUT2D eigenvalue weighted by Gasteiger charge is -2.35. The topological polar surface area (TPSA) is 114 Å². The van der Waals surface area contributed by atoms with Crippen molar-refractivity contribution in [3.63, 3.8) is 0 Å². The number of nitrogens with one attached hydrogen (secondary N) is 1. The van der Waals surface area contributed by atoms with Crippen LogP contribution in [0.4, 0.5) is 13.2 Å². The maximum atomic E-state index is 12.8. The molecule has 8 nitrogen and oxygen atoms in total. The van der Waals surface area contributed by atoms with Crippen molar-refractivity contribution in [2.45, 2.75) is 19.1 Å². The van der Waals surface area contributed by atoms with Crippen molar-refractivity contribution in [1.29, 1.82) is 0 Å². The lowest BCUT2D eigenvalue weighted by molar-refractivity contribution is -0.169. The van der Waals surface area contributed by atoms with Gasteiger partial charge in [0.15, 0.2) is 0 Å². The van der Waals surface area contributed by atoms with Gasteiger partial charge >= 0.3 is 12.1 Å². The fourth-order valence-corrected chi connectivity index (χ4v) is 4.55. The molecule has 1 aliphatic rings. The molecule has 3 N–H and O–H groups in total. The third-order valence-electron chi connectivity index (χ3n) is 4.48. The Morgan fingerprint density at radius 1 is 1.19 bits per heavy atom. The highest BCUT2D eigenvalue weighted by atomic mass is 32.1. The first-order valence-electron chi connectivity index (χ1n) is 9.35. The quantitative estimate of drug-likeness (QED) is 0.495. The molecule has 0 spiro atoms.